The van der Waals surface area contributed by atoms with E-state index >= 15 is 0 Å². The summed E-state index contributed by atoms with van der Waals surface area (Å²) in [5.74, 6) is -0.163. The summed E-state index contributed by atoms with van der Waals surface area (Å²) in [4.78, 5) is 14.1. The monoisotopic (exact) mass is 271 g/mol. The SMILES string of the molecule is CN=C(N)NCCCCCCCCCCCC(=O)O. The van der Waals surface area contributed by atoms with Gasteiger partial charge in [-0.05, 0) is 12.8 Å². The Hall–Kier alpha value is -1.26. The van der Waals surface area contributed by atoms with Gasteiger partial charge in [-0.25, -0.2) is 0 Å². The summed E-state index contributed by atoms with van der Waals surface area (Å²) in [6.45, 7) is 0.901. The smallest absolute Gasteiger partial charge is 0.303 e. The number of carboxylic acid groups (broad SMARTS) is 1. The molecule has 0 aliphatic heterocycles. The number of hydrogen-bond acceptors (Lipinski definition) is 2. The van der Waals surface area contributed by atoms with Crippen molar-refractivity contribution in [3.63, 3.8) is 0 Å². The summed E-state index contributed by atoms with van der Waals surface area (Å²) in [6.07, 6.45) is 10.7. The third-order valence-electron chi connectivity index (χ3n) is 3.11. The Morgan fingerprint density at radius 3 is 1.95 bits per heavy atom. The Kier molecular flexibility index (Phi) is 12.3. The highest BCUT2D eigenvalue weighted by atomic mass is 16.4. The first kappa shape index (κ1) is 17.7. The molecule has 0 saturated carbocycles. The van der Waals surface area contributed by atoms with Gasteiger partial charge in [0.15, 0.2) is 5.96 Å². The van der Waals surface area contributed by atoms with Crippen molar-refractivity contribution < 1.29 is 9.90 Å². The van der Waals surface area contributed by atoms with Gasteiger partial charge >= 0.3 is 5.97 Å². The van der Waals surface area contributed by atoms with Crippen LogP contribution in [0.4, 0.5) is 0 Å². The number of aliphatic imine (C=N–C) groups is 1. The first-order chi connectivity index (χ1) is 9.16. The molecule has 0 amide bonds. The fourth-order valence-electron chi connectivity index (χ4n) is 1.93. The minimum Gasteiger partial charge on any atom is -0.481 e. The van der Waals surface area contributed by atoms with Crippen LogP contribution >= 0.6 is 0 Å². The molecule has 0 aliphatic carbocycles. The second-order valence-corrected chi connectivity index (χ2v) is 4.86. The summed E-state index contributed by atoms with van der Waals surface area (Å²) in [5, 5.41) is 11.5. The molecule has 0 rings (SSSR count). The predicted octanol–water partition coefficient (Wildman–Crippen LogP) is 2.51. The largest absolute Gasteiger partial charge is 0.481 e. The highest BCUT2D eigenvalue weighted by Gasteiger charge is 1.96. The zero-order valence-electron chi connectivity index (χ0n) is 12.2. The number of carboxylic acids is 1. The molecule has 19 heavy (non-hydrogen) atoms. The van der Waals surface area contributed by atoms with Crippen molar-refractivity contribution in [3.05, 3.63) is 0 Å². The van der Waals surface area contributed by atoms with E-state index in [0.717, 1.165) is 25.8 Å². The van der Waals surface area contributed by atoms with Crippen molar-refractivity contribution in [1.82, 2.24) is 5.32 Å². The number of hydrogen-bond donors (Lipinski definition) is 3. The van der Waals surface area contributed by atoms with Gasteiger partial charge in [0.05, 0.1) is 0 Å². The van der Waals surface area contributed by atoms with E-state index in [0.29, 0.717) is 12.4 Å². The molecular formula is C14H29N3O2. The molecular weight excluding hydrogens is 242 g/mol. The lowest BCUT2D eigenvalue weighted by Crippen LogP contribution is -2.31. The quantitative estimate of drug-likeness (QED) is 0.289. The average Bonchev–Trinajstić information content (AvgIpc) is 2.39. The Labute approximate surface area is 116 Å². The number of guanidine groups is 1. The molecule has 0 saturated heterocycles. The molecule has 0 atom stereocenters. The molecule has 112 valence electrons. The Morgan fingerprint density at radius 1 is 1.00 bits per heavy atom. The summed E-state index contributed by atoms with van der Waals surface area (Å²) >= 11 is 0. The third-order valence-corrected chi connectivity index (χ3v) is 3.11. The highest BCUT2D eigenvalue weighted by molar-refractivity contribution is 5.77. The summed E-state index contributed by atoms with van der Waals surface area (Å²) in [7, 11) is 1.68. The van der Waals surface area contributed by atoms with Crippen LogP contribution in [0.1, 0.15) is 64.2 Å². The van der Waals surface area contributed by atoms with Crippen LogP contribution in [0.5, 0.6) is 0 Å². The second-order valence-electron chi connectivity index (χ2n) is 4.86. The third kappa shape index (κ3) is 14.7. The molecule has 0 aliphatic rings. The number of aliphatic carboxylic acids is 1. The lowest BCUT2D eigenvalue weighted by atomic mass is 10.1. The molecule has 0 aromatic carbocycles. The van der Waals surface area contributed by atoms with E-state index in [9.17, 15) is 4.79 Å². The van der Waals surface area contributed by atoms with Gasteiger partial charge in [0, 0.05) is 20.0 Å². The van der Waals surface area contributed by atoms with E-state index in [1.54, 1.807) is 7.05 Å². The fourth-order valence-corrected chi connectivity index (χ4v) is 1.93. The maximum Gasteiger partial charge on any atom is 0.303 e. The van der Waals surface area contributed by atoms with Gasteiger partial charge in [-0.3, -0.25) is 9.79 Å². The Morgan fingerprint density at radius 2 is 1.47 bits per heavy atom. The van der Waals surface area contributed by atoms with Crippen LogP contribution in [0.3, 0.4) is 0 Å². The van der Waals surface area contributed by atoms with Gasteiger partial charge in [-0.15, -0.1) is 0 Å². The van der Waals surface area contributed by atoms with Crippen LogP contribution in [0.15, 0.2) is 4.99 Å². The highest BCUT2D eigenvalue weighted by Crippen LogP contribution is 2.10. The fraction of sp³-hybridized carbons (Fsp3) is 0.857. The summed E-state index contributed by atoms with van der Waals surface area (Å²) in [5.41, 5.74) is 5.51. The van der Waals surface area contributed by atoms with Crippen LogP contribution in [-0.2, 0) is 4.79 Å². The zero-order valence-corrected chi connectivity index (χ0v) is 12.2. The van der Waals surface area contributed by atoms with Gasteiger partial charge in [0.1, 0.15) is 0 Å². The van der Waals surface area contributed by atoms with Crippen molar-refractivity contribution >= 4 is 11.9 Å². The molecule has 5 heteroatoms. The minimum atomic E-state index is -0.678. The van der Waals surface area contributed by atoms with E-state index < -0.39 is 5.97 Å². The topological polar surface area (TPSA) is 87.7 Å². The summed E-state index contributed by atoms with van der Waals surface area (Å²) < 4.78 is 0. The molecule has 0 bridgehead atoms. The number of rotatable bonds is 12. The minimum absolute atomic E-state index is 0.317. The van der Waals surface area contributed by atoms with E-state index in [1.807, 2.05) is 0 Å². The molecule has 0 spiro atoms. The number of carbonyl (C=O) groups is 1. The number of unbranched alkanes of at least 4 members (excludes halogenated alkanes) is 8. The van der Waals surface area contributed by atoms with Gasteiger partial charge in [0.25, 0.3) is 0 Å². The number of nitrogens with two attached hydrogens (primary N) is 1. The van der Waals surface area contributed by atoms with Crippen LogP contribution < -0.4 is 11.1 Å². The van der Waals surface area contributed by atoms with Crippen molar-refractivity contribution in [1.29, 1.82) is 0 Å². The van der Waals surface area contributed by atoms with Gasteiger partial charge in [-0.2, -0.15) is 0 Å². The van der Waals surface area contributed by atoms with Gasteiger partial charge in [-0.1, -0.05) is 44.9 Å². The van der Waals surface area contributed by atoms with Crippen LogP contribution in [0, 0.1) is 0 Å². The van der Waals surface area contributed by atoms with Crippen molar-refractivity contribution in [2.75, 3.05) is 13.6 Å². The lowest BCUT2D eigenvalue weighted by molar-refractivity contribution is -0.137. The molecule has 0 fully saturated rings. The van der Waals surface area contributed by atoms with E-state index in [4.69, 9.17) is 10.8 Å². The Balaban J connectivity index is 3.05. The number of nitrogens with zero attached hydrogens (tertiary/aromatic N) is 1. The maximum absolute atomic E-state index is 10.3. The van der Waals surface area contributed by atoms with Gasteiger partial charge < -0.3 is 16.2 Å². The number of nitrogens with one attached hydrogen (secondary N) is 1. The Bertz CT molecular complexity index is 255. The van der Waals surface area contributed by atoms with E-state index in [2.05, 4.69) is 10.3 Å². The lowest BCUT2D eigenvalue weighted by Gasteiger charge is -2.04. The standard InChI is InChI=1S/C14H29N3O2/c1-16-14(15)17-12-10-8-6-4-2-3-5-7-9-11-13(18)19/h2-12H2,1H3,(H,18,19)(H3,15,16,17). The molecule has 0 unspecified atom stereocenters. The molecule has 0 aromatic rings. The average molecular weight is 271 g/mol. The first-order valence-corrected chi connectivity index (χ1v) is 7.34. The predicted molar refractivity (Wildman–Crippen MR) is 79.4 cm³/mol. The van der Waals surface area contributed by atoms with Crippen molar-refractivity contribution in [2.24, 2.45) is 10.7 Å². The second kappa shape index (κ2) is 13.2. The molecule has 0 aromatic heterocycles. The van der Waals surface area contributed by atoms with Gasteiger partial charge in [0.2, 0.25) is 0 Å². The van der Waals surface area contributed by atoms with Crippen molar-refractivity contribution in [2.45, 2.75) is 64.2 Å². The molecule has 4 N–H and O–H groups in total. The van der Waals surface area contributed by atoms with Crippen LogP contribution in [0.2, 0.25) is 0 Å². The summed E-state index contributed by atoms with van der Waals surface area (Å²) in [6, 6.07) is 0. The molecule has 0 heterocycles. The zero-order chi connectivity index (χ0) is 14.3. The first-order valence-electron chi connectivity index (χ1n) is 7.34. The maximum atomic E-state index is 10.3. The molecule has 0 radical (unpaired) electrons. The van der Waals surface area contributed by atoms with Crippen LogP contribution in [-0.4, -0.2) is 30.6 Å². The van der Waals surface area contributed by atoms with Crippen molar-refractivity contribution in [3.8, 4) is 0 Å². The van der Waals surface area contributed by atoms with E-state index in [-0.39, 0.29) is 0 Å². The van der Waals surface area contributed by atoms with Crippen LogP contribution in [0.25, 0.3) is 0 Å². The molecule has 5 nitrogen and oxygen atoms in total. The normalized spacial score (nSPS) is 11.5. The van der Waals surface area contributed by atoms with E-state index in [1.165, 1.54) is 38.5 Å².